The molecule has 1 aromatic carbocycles. The van der Waals surface area contributed by atoms with Crippen LogP contribution in [0.1, 0.15) is 71.8 Å². The molecule has 1 saturated heterocycles. The Morgan fingerprint density at radius 1 is 1.08 bits per heavy atom. The number of tetrazole rings is 1. The zero-order valence-corrected chi connectivity index (χ0v) is 28.1. The molecule has 2 fully saturated rings. The van der Waals surface area contributed by atoms with Crippen LogP contribution >= 0.6 is 11.3 Å². The number of aromatic nitrogens is 4. The molecule has 2 aromatic heterocycles. The highest BCUT2D eigenvalue weighted by atomic mass is 32.1. The van der Waals surface area contributed by atoms with Gasteiger partial charge in [0, 0.05) is 24.4 Å². The second kappa shape index (κ2) is 13.5. The fourth-order valence-electron chi connectivity index (χ4n) is 6.43. The number of hydrogen-bond acceptors (Lipinski definition) is 9. The Kier molecular flexibility index (Phi) is 9.37. The molecule has 0 bridgehead atoms. The van der Waals surface area contributed by atoms with Gasteiger partial charge in [-0.25, -0.2) is 9.59 Å². The van der Waals surface area contributed by atoms with Crippen LogP contribution in [0.15, 0.2) is 53.2 Å². The normalized spacial score (nSPS) is 27.1. The van der Waals surface area contributed by atoms with Crippen LogP contribution in [-0.4, -0.2) is 83.9 Å². The molecule has 1 aliphatic carbocycles. The SMILES string of the molecule is CC(C)(C)OC(=O)N[C@H]1CCCCC/C=C\[C@@H]2C[C@@]2(C(=O)O)NC(=O)[C@@H]2C[C@@H](n3nnc(-c4ccc(-c5ccsc5)cc4)n3)CN2C1=O. The molecule has 14 heteroatoms. The van der Waals surface area contributed by atoms with Crippen molar-refractivity contribution >= 4 is 35.2 Å². The maximum Gasteiger partial charge on any atom is 0.408 e. The first-order valence-corrected chi connectivity index (χ1v) is 17.3. The van der Waals surface area contributed by atoms with Gasteiger partial charge in [0.05, 0.1) is 6.04 Å². The third kappa shape index (κ3) is 7.28. The molecule has 254 valence electrons. The van der Waals surface area contributed by atoms with E-state index in [1.807, 2.05) is 41.8 Å². The van der Waals surface area contributed by atoms with E-state index in [2.05, 4.69) is 37.5 Å². The van der Waals surface area contributed by atoms with E-state index in [1.54, 1.807) is 32.1 Å². The lowest BCUT2D eigenvalue weighted by atomic mass is 10.0. The minimum atomic E-state index is -1.43. The number of carbonyl (C=O) groups excluding carboxylic acids is 3. The third-order valence-electron chi connectivity index (χ3n) is 9.08. The lowest BCUT2D eigenvalue weighted by Gasteiger charge is -2.30. The van der Waals surface area contributed by atoms with Gasteiger partial charge < -0.3 is 25.4 Å². The molecule has 5 atom stereocenters. The van der Waals surface area contributed by atoms with Crippen molar-refractivity contribution in [3.8, 4) is 22.5 Å². The minimum absolute atomic E-state index is 0.0692. The molecule has 0 unspecified atom stereocenters. The number of carbonyl (C=O) groups is 4. The number of rotatable bonds is 5. The summed E-state index contributed by atoms with van der Waals surface area (Å²) in [5.41, 5.74) is 0.757. The number of aliphatic carboxylic acids is 1. The quantitative estimate of drug-likeness (QED) is 0.328. The Hall–Kier alpha value is -4.59. The van der Waals surface area contributed by atoms with Crippen LogP contribution in [-0.2, 0) is 19.1 Å². The van der Waals surface area contributed by atoms with E-state index >= 15 is 0 Å². The molecule has 3 aliphatic rings. The van der Waals surface area contributed by atoms with Crippen molar-refractivity contribution in [1.29, 1.82) is 0 Å². The number of nitrogens with one attached hydrogen (secondary N) is 2. The van der Waals surface area contributed by atoms with Crippen LogP contribution in [0.4, 0.5) is 4.79 Å². The Labute approximate surface area is 282 Å². The number of alkyl carbamates (subject to hydrolysis) is 1. The summed E-state index contributed by atoms with van der Waals surface area (Å²) in [5.74, 6) is -2.07. The van der Waals surface area contributed by atoms with Gasteiger partial charge in [-0.15, -0.1) is 10.2 Å². The van der Waals surface area contributed by atoms with Crippen LogP contribution in [0.25, 0.3) is 22.5 Å². The summed E-state index contributed by atoms with van der Waals surface area (Å²) in [5, 5.41) is 32.9. The predicted molar refractivity (Wildman–Crippen MR) is 178 cm³/mol. The van der Waals surface area contributed by atoms with Crippen LogP contribution in [0.3, 0.4) is 0 Å². The predicted octanol–water partition coefficient (Wildman–Crippen LogP) is 4.58. The maximum atomic E-state index is 14.2. The van der Waals surface area contributed by atoms with Crippen molar-refractivity contribution in [3.05, 3.63) is 53.2 Å². The molecule has 0 spiro atoms. The van der Waals surface area contributed by atoms with Gasteiger partial charge in [0.2, 0.25) is 17.6 Å². The highest BCUT2D eigenvalue weighted by molar-refractivity contribution is 7.08. The molecule has 13 nitrogen and oxygen atoms in total. The number of nitrogens with zero attached hydrogens (tertiary/aromatic N) is 5. The smallest absolute Gasteiger partial charge is 0.408 e. The second-order valence-electron chi connectivity index (χ2n) is 13.8. The highest BCUT2D eigenvalue weighted by Crippen LogP contribution is 2.45. The topological polar surface area (TPSA) is 169 Å². The number of carboxylic acid groups (broad SMARTS) is 1. The summed E-state index contributed by atoms with van der Waals surface area (Å²) < 4.78 is 5.46. The fourth-order valence-corrected chi connectivity index (χ4v) is 7.10. The lowest BCUT2D eigenvalue weighted by Crippen LogP contribution is -2.56. The first-order valence-electron chi connectivity index (χ1n) is 16.4. The molecule has 3 N–H and O–H groups in total. The van der Waals surface area contributed by atoms with Crippen molar-refractivity contribution in [2.24, 2.45) is 5.92 Å². The molecule has 4 heterocycles. The lowest BCUT2D eigenvalue weighted by molar-refractivity contribution is -0.145. The van der Waals surface area contributed by atoms with Gasteiger partial charge in [-0.05, 0) is 79.6 Å². The molecule has 0 radical (unpaired) electrons. The largest absolute Gasteiger partial charge is 0.479 e. The number of carboxylic acids is 1. The van der Waals surface area contributed by atoms with Gasteiger partial charge in [-0.3, -0.25) is 9.59 Å². The number of thiophene rings is 1. The summed E-state index contributed by atoms with van der Waals surface area (Å²) in [6.07, 6.45) is 6.94. The number of fused-ring (bicyclic) bond motifs is 2. The molecule has 6 rings (SSSR count). The third-order valence-corrected chi connectivity index (χ3v) is 9.76. The molecule has 1 saturated carbocycles. The maximum absolute atomic E-state index is 14.2. The van der Waals surface area contributed by atoms with Crippen molar-refractivity contribution in [2.45, 2.75) is 95.0 Å². The number of ether oxygens (including phenoxy) is 1. The van der Waals surface area contributed by atoms with Crippen LogP contribution in [0.2, 0.25) is 0 Å². The molecule has 3 aromatic rings. The van der Waals surface area contributed by atoms with Gasteiger partial charge >= 0.3 is 12.1 Å². The first kappa shape index (κ1) is 33.3. The van der Waals surface area contributed by atoms with Crippen LogP contribution in [0, 0.1) is 5.92 Å². The zero-order chi connectivity index (χ0) is 34.1. The standard InChI is InChI=1S/C34H41N7O6S/c1-33(2,3)47-32(46)35-26-10-8-6-4-5-7-9-24-18-34(24,31(44)45)36-29(42)27-17-25(19-40(27)30(26)43)41-38-28(37-39-41)22-13-11-21(12-14-22)23-15-16-48-20-23/h7,9,11-16,20,24-27H,4-6,8,10,17-19H2,1-3H3,(H,35,46)(H,36,42)(H,44,45)/b9-7-/t24-,25-,26+,27+,34-/m1/s1. The van der Waals surface area contributed by atoms with E-state index in [4.69, 9.17) is 4.74 Å². The summed E-state index contributed by atoms with van der Waals surface area (Å²) in [6.45, 7) is 5.29. The minimum Gasteiger partial charge on any atom is -0.479 e. The van der Waals surface area contributed by atoms with Gasteiger partial charge in [-0.1, -0.05) is 49.3 Å². The summed E-state index contributed by atoms with van der Waals surface area (Å²) in [7, 11) is 0. The number of benzene rings is 1. The van der Waals surface area contributed by atoms with E-state index < -0.39 is 53.1 Å². The zero-order valence-electron chi connectivity index (χ0n) is 27.3. The molecule has 48 heavy (non-hydrogen) atoms. The van der Waals surface area contributed by atoms with E-state index in [9.17, 15) is 24.3 Å². The number of allylic oxidation sites excluding steroid dienone is 1. The van der Waals surface area contributed by atoms with E-state index in [1.165, 1.54) is 9.70 Å². The van der Waals surface area contributed by atoms with Crippen LogP contribution < -0.4 is 10.6 Å². The average Bonchev–Trinajstić information content (AvgIpc) is 3.53. The fraction of sp³-hybridized carbons (Fsp3) is 0.500. The van der Waals surface area contributed by atoms with Crippen molar-refractivity contribution < 1.29 is 29.0 Å². The number of amides is 3. The Morgan fingerprint density at radius 2 is 1.85 bits per heavy atom. The Balaban J connectivity index is 1.27. The number of hydrogen-bond donors (Lipinski definition) is 3. The summed E-state index contributed by atoms with van der Waals surface area (Å²) in [4.78, 5) is 56.2. The van der Waals surface area contributed by atoms with Gasteiger partial charge in [0.15, 0.2) is 0 Å². The molecular formula is C34H41N7O6S. The van der Waals surface area contributed by atoms with Gasteiger partial charge in [0.25, 0.3) is 0 Å². The first-order chi connectivity index (χ1) is 22.9. The average molecular weight is 676 g/mol. The van der Waals surface area contributed by atoms with E-state index in [0.29, 0.717) is 18.7 Å². The van der Waals surface area contributed by atoms with Crippen molar-refractivity contribution in [3.63, 3.8) is 0 Å². The van der Waals surface area contributed by atoms with Gasteiger partial charge in [-0.2, -0.15) is 16.1 Å². The van der Waals surface area contributed by atoms with Crippen molar-refractivity contribution in [1.82, 2.24) is 35.7 Å². The Morgan fingerprint density at radius 3 is 2.56 bits per heavy atom. The highest BCUT2D eigenvalue weighted by Gasteiger charge is 2.61. The summed E-state index contributed by atoms with van der Waals surface area (Å²) >= 11 is 1.63. The van der Waals surface area contributed by atoms with Crippen molar-refractivity contribution in [2.75, 3.05) is 6.54 Å². The Bertz CT molecular complexity index is 1680. The summed E-state index contributed by atoms with van der Waals surface area (Å²) in [6, 6.07) is 7.38. The molecular weight excluding hydrogens is 634 g/mol. The molecule has 2 aliphatic heterocycles. The second-order valence-corrected chi connectivity index (χ2v) is 14.5. The molecule has 3 amide bonds. The monoisotopic (exact) mass is 675 g/mol. The van der Waals surface area contributed by atoms with Crippen LogP contribution in [0.5, 0.6) is 0 Å². The van der Waals surface area contributed by atoms with Gasteiger partial charge in [0.1, 0.15) is 23.2 Å². The van der Waals surface area contributed by atoms with E-state index in [-0.39, 0.29) is 25.3 Å². The van der Waals surface area contributed by atoms with E-state index in [0.717, 1.165) is 36.0 Å².